The maximum Gasteiger partial charge on any atom is 0.336 e. The molecule has 36 heavy (non-hydrogen) atoms. The second-order valence-corrected chi connectivity index (χ2v) is 9.03. The van der Waals surface area contributed by atoms with Crippen molar-refractivity contribution in [2.24, 2.45) is 5.73 Å². The highest BCUT2D eigenvalue weighted by atomic mass is 16.4. The predicted molar refractivity (Wildman–Crippen MR) is 127 cm³/mol. The molecule has 2 aliphatic heterocycles. The van der Waals surface area contributed by atoms with Crippen LogP contribution in [0.5, 0.6) is 0 Å². The number of nitrogens with one attached hydrogen (secondary N) is 3. The monoisotopic (exact) mass is 497 g/mol. The summed E-state index contributed by atoms with van der Waals surface area (Å²) in [4.78, 5) is 75.0. The molecule has 2 fully saturated rings. The number of hydrogen-bond acceptors (Lipinski definition) is 7. The molecule has 5 N–H and O–H groups in total. The number of carbonyl (C=O) groups is 5. The molecule has 190 valence electrons. The second kappa shape index (κ2) is 10.2. The Morgan fingerprint density at radius 3 is 2.64 bits per heavy atom. The van der Waals surface area contributed by atoms with Crippen molar-refractivity contribution in [2.75, 3.05) is 11.9 Å². The van der Waals surface area contributed by atoms with Gasteiger partial charge in [-0.25, -0.2) is 4.79 Å². The molecule has 0 unspecified atom stereocenters. The summed E-state index contributed by atoms with van der Waals surface area (Å²) in [5.41, 5.74) is 6.25. The molecule has 2 aliphatic rings. The molecule has 0 spiro atoms. The summed E-state index contributed by atoms with van der Waals surface area (Å²) in [5.74, 6) is -2.72. The van der Waals surface area contributed by atoms with Crippen LogP contribution in [0.3, 0.4) is 0 Å². The normalized spacial score (nSPS) is 20.1. The third-order valence-electron chi connectivity index (χ3n) is 6.39. The van der Waals surface area contributed by atoms with Crippen molar-refractivity contribution in [3.8, 4) is 0 Å². The van der Waals surface area contributed by atoms with Gasteiger partial charge in [-0.05, 0) is 43.9 Å². The quantitative estimate of drug-likeness (QED) is 0.378. The van der Waals surface area contributed by atoms with Crippen LogP contribution < -0.4 is 27.3 Å². The Morgan fingerprint density at radius 2 is 1.94 bits per heavy atom. The van der Waals surface area contributed by atoms with Crippen LogP contribution in [0, 0.1) is 6.92 Å². The number of amides is 5. The average molecular weight is 498 g/mol. The summed E-state index contributed by atoms with van der Waals surface area (Å²) < 4.78 is 5.22. The van der Waals surface area contributed by atoms with Gasteiger partial charge in [0.05, 0.1) is 6.42 Å². The largest absolute Gasteiger partial charge is 0.423 e. The van der Waals surface area contributed by atoms with Crippen LogP contribution in [0.1, 0.15) is 37.7 Å². The number of anilines is 1. The molecule has 2 saturated heterocycles. The number of likely N-dealkylation sites (tertiary alicyclic amines) is 1. The van der Waals surface area contributed by atoms with E-state index >= 15 is 0 Å². The zero-order chi connectivity index (χ0) is 26.0. The fraction of sp³-hybridized carbons (Fsp3) is 0.417. The van der Waals surface area contributed by atoms with Crippen molar-refractivity contribution < 1.29 is 28.4 Å². The van der Waals surface area contributed by atoms with Gasteiger partial charge in [-0.1, -0.05) is 0 Å². The Hall–Kier alpha value is -4.22. The molecule has 12 nitrogen and oxygen atoms in total. The molecule has 1 aromatic carbocycles. The Morgan fingerprint density at radius 1 is 1.17 bits per heavy atom. The van der Waals surface area contributed by atoms with E-state index in [4.69, 9.17) is 10.2 Å². The van der Waals surface area contributed by atoms with Crippen molar-refractivity contribution in [1.29, 1.82) is 0 Å². The zero-order valence-electron chi connectivity index (χ0n) is 19.7. The Kier molecular flexibility index (Phi) is 7.04. The van der Waals surface area contributed by atoms with E-state index in [9.17, 15) is 28.8 Å². The topological polar surface area (TPSA) is 181 Å². The molecule has 1 aromatic heterocycles. The van der Waals surface area contributed by atoms with Crippen molar-refractivity contribution in [2.45, 2.75) is 57.2 Å². The van der Waals surface area contributed by atoms with Crippen LogP contribution in [0.2, 0.25) is 0 Å². The molecule has 2 aromatic rings. The van der Waals surface area contributed by atoms with Crippen LogP contribution >= 0.6 is 0 Å². The van der Waals surface area contributed by atoms with E-state index in [1.54, 1.807) is 19.1 Å². The van der Waals surface area contributed by atoms with Gasteiger partial charge in [0.25, 0.3) is 0 Å². The first kappa shape index (κ1) is 24.9. The number of rotatable bonds is 7. The number of nitrogens with zero attached hydrogens (tertiary/aromatic N) is 1. The standard InChI is InChI=1S/C24H27N5O7/c1-12-9-21(32)36-18-10-13(4-5-14(12)18)26-23(34)17-3-2-8-29(17)24(35)16(11-19(25)30)28-22(33)15-6-7-20(31)27-15/h4-5,9-10,15-17H,2-3,6-8,11H2,1H3,(H2,25,30)(H,26,34)(H,27,31)(H,28,33)/t15-,16-,17-/m0/s1. The van der Waals surface area contributed by atoms with Gasteiger partial charge in [-0.15, -0.1) is 0 Å². The molecule has 0 radical (unpaired) electrons. The fourth-order valence-electron chi connectivity index (χ4n) is 4.62. The van der Waals surface area contributed by atoms with Crippen molar-refractivity contribution >= 4 is 46.2 Å². The highest BCUT2D eigenvalue weighted by Crippen LogP contribution is 2.24. The Balaban J connectivity index is 1.48. The maximum atomic E-state index is 13.3. The summed E-state index contributed by atoms with van der Waals surface area (Å²) in [6, 6.07) is 3.41. The number of fused-ring (bicyclic) bond motifs is 1. The number of carbonyl (C=O) groups excluding carboxylic acids is 5. The minimum atomic E-state index is -1.26. The first-order valence-corrected chi connectivity index (χ1v) is 11.7. The highest BCUT2D eigenvalue weighted by molar-refractivity contribution is 6.01. The van der Waals surface area contributed by atoms with Gasteiger partial charge in [-0.2, -0.15) is 0 Å². The van der Waals surface area contributed by atoms with Crippen LogP contribution in [-0.2, 0) is 24.0 Å². The van der Waals surface area contributed by atoms with Crippen LogP contribution in [0.4, 0.5) is 5.69 Å². The van der Waals surface area contributed by atoms with E-state index in [0.29, 0.717) is 24.1 Å². The number of primary amides is 1. The Bertz CT molecular complexity index is 1300. The summed E-state index contributed by atoms with van der Waals surface area (Å²) in [6.45, 7) is 2.04. The summed E-state index contributed by atoms with van der Waals surface area (Å²) >= 11 is 0. The van der Waals surface area contributed by atoms with E-state index in [0.717, 1.165) is 10.9 Å². The molecular formula is C24H27N5O7. The number of aryl methyl sites for hydroxylation is 1. The lowest BCUT2D eigenvalue weighted by Gasteiger charge is -2.29. The molecule has 12 heteroatoms. The van der Waals surface area contributed by atoms with Crippen LogP contribution in [-0.4, -0.2) is 59.1 Å². The lowest BCUT2D eigenvalue weighted by Crippen LogP contribution is -2.56. The average Bonchev–Trinajstić information content (AvgIpc) is 3.47. The number of nitrogens with two attached hydrogens (primary N) is 1. The lowest BCUT2D eigenvalue weighted by molar-refractivity contribution is -0.141. The molecule has 0 saturated carbocycles. The van der Waals surface area contributed by atoms with Crippen LogP contribution in [0.25, 0.3) is 11.0 Å². The smallest absolute Gasteiger partial charge is 0.336 e. The summed E-state index contributed by atoms with van der Waals surface area (Å²) in [6.07, 6.45) is 0.959. The third-order valence-corrected chi connectivity index (χ3v) is 6.39. The van der Waals surface area contributed by atoms with Gasteiger partial charge in [0.1, 0.15) is 23.7 Å². The van der Waals surface area contributed by atoms with E-state index < -0.39 is 53.8 Å². The van der Waals surface area contributed by atoms with E-state index in [2.05, 4.69) is 16.0 Å². The molecule has 0 aliphatic carbocycles. The fourth-order valence-corrected chi connectivity index (χ4v) is 4.62. The third kappa shape index (κ3) is 5.37. The summed E-state index contributed by atoms with van der Waals surface area (Å²) in [7, 11) is 0. The van der Waals surface area contributed by atoms with Gasteiger partial charge >= 0.3 is 5.63 Å². The summed E-state index contributed by atoms with van der Waals surface area (Å²) in [5, 5.41) is 8.50. The minimum Gasteiger partial charge on any atom is -0.423 e. The highest BCUT2D eigenvalue weighted by Gasteiger charge is 2.39. The van der Waals surface area contributed by atoms with Gasteiger partial charge in [0, 0.05) is 36.2 Å². The molecule has 3 atom stereocenters. The van der Waals surface area contributed by atoms with Gasteiger partial charge in [0.15, 0.2) is 0 Å². The maximum absolute atomic E-state index is 13.3. The van der Waals surface area contributed by atoms with Gasteiger partial charge < -0.3 is 31.0 Å². The minimum absolute atomic E-state index is 0.193. The van der Waals surface area contributed by atoms with Gasteiger partial charge in [-0.3, -0.25) is 24.0 Å². The second-order valence-electron chi connectivity index (χ2n) is 9.03. The van der Waals surface area contributed by atoms with E-state index in [-0.39, 0.29) is 25.3 Å². The SMILES string of the molecule is Cc1cc(=O)oc2cc(NC(=O)[C@@H]3CCCN3C(=O)[C@H](CC(N)=O)NC(=O)[C@@H]3CCC(=O)N3)ccc12. The van der Waals surface area contributed by atoms with Crippen molar-refractivity contribution in [3.05, 3.63) is 40.2 Å². The first-order chi connectivity index (χ1) is 17.1. The molecular weight excluding hydrogens is 470 g/mol. The lowest BCUT2D eigenvalue weighted by atomic mass is 10.1. The zero-order valence-corrected chi connectivity index (χ0v) is 19.7. The van der Waals surface area contributed by atoms with Crippen LogP contribution in [0.15, 0.2) is 33.5 Å². The van der Waals surface area contributed by atoms with E-state index in [1.165, 1.54) is 17.0 Å². The number of benzene rings is 1. The first-order valence-electron chi connectivity index (χ1n) is 11.7. The predicted octanol–water partition coefficient (Wildman–Crippen LogP) is -0.330. The van der Waals surface area contributed by atoms with Gasteiger partial charge in [0.2, 0.25) is 29.5 Å². The molecule has 3 heterocycles. The number of hydrogen-bond donors (Lipinski definition) is 4. The molecule has 5 amide bonds. The van der Waals surface area contributed by atoms with Crippen molar-refractivity contribution in [3.63, 3.8) is 0 Å². The van der Waals surface area contributed by atoms with Crippen molar-refractivity contribution in [1.82, 2.24) is 15.5 Å². The molecule has 0 bridgehead atoms. The molecule has 4 rings (SSSR count). The van der Waals surface area contributed by atoms with E-state index in [1.807, 2.05) is 0 Å². The Labute approximate surface area is 205 Å².